The van der Waals surface area contributed by atoms with Crippen LogP contribution >= 0.6 is 23.2 Å². The Kier molecular flexibility index (Phi) is 8.50. The predicted molar refractivity (Wildman–Crippen MR) is 124 cm³/mol. The molecule has 6 nitrogen and oxygen atoms in total. The van der Waals surface area contributed by atoms with E-state index in [1.807, 2.05) is 0 Å². The summed E-state index contributed by atoms with van der Waals surface area (Å²) in [7, 11) is -7.04. The summed E-state index contributed by atoms with van der Waals surface area (Å²) in [5.41, 5.74) is -1.44. The number of ketones is 1. The Hall–Kier alpha value is -2.98. The van der Waals surface area contributed by atoms with Crippen molar-refractivity contribution in [3.8, 4) is 11.5 Å². The first-order chi connectivity index (χ1) is 18.2. The van der Waals surface area contributed by atoms with E-state index in [2.05, 4.69) is 4.74 Å². The molecule has 0 heterocycles. The molecule has 0 aliphatic heterocycles. The first kappa shape index (κ1) is 31.5. The third-order valence-corrected chi connectivity index (χ3v) is 6.48. The summed E-state index contributed by atoms with van der Waals surface area (Å²) >= 11 is 11.9. The molecule has 0 atom stereocenters. The van der Waals surface area contributed by atoms with Crippen LogP contribution in [0.25, 0.3) is 0 Å². The first-order valence-electron chi connectivity index (χ1n) is 10.3. The van der Waals surface area contributed by atoms with Gasteiger partial charge in [-0.05, 0) is 66.7 Å². The fourth-order valence-corrected chi connectivity index (χ4v) is 3.69. The van der Waals surface area contributed by atoms with Gasteiger partial charge in [-0.2, -0.15) is 43.5 Å². The van der Waals surface area contributed by atoms with Crippen molar-refractivity contribution in [1.82, 2.24) is 0 Å². The third-order valence-electron chi connectivity index (χ3n) is 5.03. The Bertz CT molecular complexity index is 1520. The largest absolute Gasteiger partial charge is 0.460 e. The summed E-state index contributed by atoms with van der Waals surface area (Å²) < 4.78 is 146. The monoisotopic (exact) mass is 638 g/mol. The molecular formula is C23H12Cl2F8O6S. The van der Waals surface area contributed by atoms with Crippen LogP contribution in [0.1, 0.15) is 21.5 Å². The van der Waals surface area contributed by atoms with Crippen LogP contribution in [-0.4, -0.2) is 36.2 Å². The molecule has 3 rings (SSSR count). The van der Waals surface area contributed by atoms with E-state index in [4.69, 9.17) is 32.5 Å². The molecule has 0 aliphatic rings. The molecule has 0 amide bonds. The molecule has 0 aromatic heterocycles. The van der Waals surface area contributed by atoms with Crippen LogP contribution in [-0.2, 0) is 20.8 Å². The summed E-state index contributed by atoms with van der Waals surface area (Å²) in [4.78, 5) is 12.6. The van der Waals surface area contributed by atoms with Gasteiger partial charge in [0.05, 0.1) is 5.02 Å². The second-order valence-corrected chi connectivity index (χ2v) is 10.1. The van der Waals surface area contributed by atoms with Crippen molar-refractivity contribution in [1.29, 1.82) is 0 Å². The number of rotatable bonds is 10. The van der Waals surface area contributed by atoms with Crippen LogP contribution < -0.4 is 4.74 Å². The van der Waals surface area contributed by atoms with Gasteiger partial charge >= 0.3 is 33.5 Å². The lowest BCUT2D eigenvalue weighted by molar-refractivity contribution is -0.459. The van der Waals surface area contributed by atoms with Crippen molar-refractivity contribution in [2.75, 3.05) is 0 Å². The molecule has 3 aromatic rings. The maximum atomic E-state index is 14.3. The van der Waals surface area contributed by atoms with E-state index >= 15 is 0 Å². The highest BCUT2D eigenvalue weighted by Gasteiger charge is 2.74. The maximum Gasteiger partial charge on any atom is 0.460 e. The number of carbonyl (C=O) groups excluding carboxylic acids is 1. The summed E-state index contributed by atoms with van der Waals surface area (Å²) in [6.07, 6.45) is -13.1. The molecule has 40 heavy (non-hydrogen) atoms. The number of alkyl halides is 8. The van der Waals surface area contributed by atoms with Gasteiger partial charge in [-0.15, -0.1) is 0 Å². The van der Waals surface area contributed by atoms with Gasteiger partial charge in [-0.25, -0.2) is 4.74 Å². The van der Waals surface area contributed by atoms with Crippen LogP contribution in [0.15, 0.2) is 66.7 Å². The molecule has 3 aromatic carbocycles. The highest BCUT2D eigenvalue weighted by Crippen LogP contribution is 2.50. The van der Waals surface area contributed by atoms with Crippen molar-refractivity contribution < 1.29 is 62.4 Å². The molecule has 0 saturated heterocycles. The first-order valence-corrected chi connectivity index (χ1v) is 12.5. The number of ether oxygens (including phenoxy) is 2. The van der Waals surface area contributed by atoms with Crippen LogP contribution in [0.4, 0.5) is 35.1 Å². The Morgan fingerprint density at radius 2 is 1.25 bits per heavy atom. The minimum Gasteiger partial charge on any atom is -0.457 e. The van der Waals surface area contributed by atoms with Gasteiger partial charge in [0.25, 0.3) is 0 Å². The lowest BCUT2D eigenvalue weighted by Gasteiger charge is -2.31. The van der Waals surface area contributed by atoms with Crippen molar-refractivity contribution in [3.63, 3.8) is 0 Å². The molecule has 0 fully saturated rings. The number of halogens is 10. The van der Waals surface area contributed by atoms with E-state index in [0.717, 1.165) is 0 Å². The van der Waals surface area contributed by atoms with E-state index in [1.165, 1.54) is 42.5 Å². The molecule has 216 valence electrons. The number of hydrogen-bond acceptors (Lipinski definition) is 5. The zero-order valence-electron chi connectivity index (χ0n) is 19.0. The highest BCUT2D eigenvalue weighted by molar-refractivity contribution is 7.86. The number of benzene rings is 3. The molecule has 0 spiro atoms. The fraction of sp³-hybridized carbons (Fsp3) is 0.174. The second-order valence-electron chi connectivity index (χ2n) is 7.81. The lowest BCUT2D eigenvalue weighted by Crippen LogP contribution is -2.55. The Morgan fingerprint density at radius 1 is 0.750 bits per heavy atom. The molecule has 17 heteroatoms. The fourth-order valence-electron chi connectivity index (χ4n) is 2.97. The predicted octanol–water partition coefficient (Wildman–Crippen LogP) is 7.79. The van der Waals surface area contributed by atoms with Gasteiger partial charge in [0.2, 0.25) is 0 Å². The van der Waals surface area contributed by atoms with E-state index in [1.54, 1.807) is 0 Å². The topological polar surface area (TPSA) is 89.9 Å². The van der Waals surface area contributed by atoms with Crippen molar-refractivity contribution in [2.45, 2.75) is 23.4 Å². The lowest BCUT2D eigenvalue weighted by atomic mass is 10.0. The summed E-state index contributed by atoms with van der Waals surface area (Å²) in [6.45, 7) is 0. The van der Waals surface area contributed by atoms with Gasteiger partial charge in [-0.1, -0.05) is 23.2 Å². The van der Waals surface area contributed by atoms with Gasteiger partial charge in [0.1, 0.15) is 11.5 Å². The zero-order valence-corrected chi connectivity index (χ0v) is 21.4. The molecule has 1 N–H and O–H groups in total. The number of carbonyl (C=O) groups is 1. The van der Waals surface area contributed by atoms with Gasteiger partial charge < -0.3 is 4.74 Å². The van der Waals surface area contributed by atoms with E-state index < -0.39 is 44.9 Å². The van der Waals surface area contributed by atoms with Crippen molar-refractivity contribution >= 4 is 39.1 Å². The second kappa shape index (κ2) is 10.8. The number of hydrogen-bond donors (Lipinski definition) is 1. The summed E-state index contributed by atoms with van der Waals surface area (Å²) in [5, 5.41) is -6.29. The standard InChI is InChI=1S/C23H12Cl2F8O6S/c24-14-5-10-18(25)17(11-14)19(34)12-1-6-15(7-2-12)38-16-8-3-13(4-9-16)20(26,27)21(28,29)39-22(30,31)23(32,33)40(35,36)37/h1-11H,(H,35,36,37). The third kappa shape index (κ3) is 6.17. The Balaban J connectivity index is 1.76. The Morgan fingerprint density at radius 3 is 1.75 bits per heavy atom. The molecule has 0 unspecified atom stereocenters. The zero-order chi connectivity index (χ0) is 30.3. The SMILES string of the molecule is O=C(c1ccc(Oc2ccc(C(F)(F)C(F)(F)OC(F)(F)C(F)(F)S(=O)(=O)O)cc2)cc1)c1cc(Cl)ccc1Cl. The smallest absolute Gasteiger partial charge is 0.457 e. The quantitative estimate of drug-likeness (QED) is 0.138. The van der Waals surface area contributed by atoms with Crippen molar-refractivity contribution in [3.05, 3.63) is 93.5 Å². The normalized spacial score (nSPS) is 13.3. The molecule has 0 bridgehead atoms. The molecule has 0 saturated carbocycles. The van der Waals surface area contributed by atoms with Crippen LogP contribution in [0.2, 0.25) is 10.0 Å². The average molecular weight is 639 g/mol. The highest BCUT2D eigenvalue weighted by atomic mass is 35.5. The van der Waals surface area contributed by atoms with Gasteiger partial charge in [0.15, 0.2) is 5.78 Å². The molecular weight excluding hydrogens is 627 g/mol. The molecule has 0 radical (unpaired) electrons. The minimum absolute atomic E-state index is 0.0361. The van der Waals surface area contributed by atoms with E-state index in [0.29, 0.717) is 12.1 Å². The average Bonchev–Trinajstić information content (AvgIpc) is 2.84. The summed E-state index contributed by atoms with van der Waals surface area (Å²) in [6, 6.07) is 11.4. The van der Waals surface area contributed by atoms with Gasteiger partial charge in [-0.3, -0.25) is 9.35 Å². The van der Waals surface area contributed by atoms with Crippen LogP contribution in [0.5, 0.6) is 11.5 Å². The van der Waals surface area contributed by atoms with Crippen LogP contribution in [0, 0.1) is 0 Å². The van der Waals surface area contributed by atoms with E-state index in [-0.39, 0.29) is 44.8 Å². The Labute approximate surface area is 229 Å². The maximum absolute atomic E-state index is 14.3. The van der Waals surface area contributed by atoms with E-state index in [9.17, 15) is 48.3 Å². The minimum atomic E-state index is -7.04. The van der Waals surface area contributed by atoms with Crippen molar-refractivity contribution in [2.24, 2.45) is 0 Å². The summed E-state index contributed by atoms with van der Waals surface area (Å²) in [5.74, 6) is -6.40. The van der Waals surface area contributed by atoms with Gasteiger partial charge in [0, 0.05) is 21.7 Å². The van der Waals surface area contributed by atoms with Crippen LogP contribution in [0.3, 0.4) is 0 Å². The molecule has 0 aliphatic carbocycles.